The number of ether oxygens (including phenoxy) is 2. The van der Waals surface area contributed by atoms with E-state index in [-0.39, 0.29) is 11.4 Å². The molecule has 2 aromatic carbocycles. The number of hydrogen-bond acceptors (Lipinski definition) is 4. The first-order valence-electron chi connectivity index (χ1n) is 10.5. The normalized spacial score (nSPS) is 11.1. The molecule has 162 valence electrons. The quantitative estimate of drug-likeness (QED) is 0.512. The molecule has 0 radical (unpaired) electrons. The SMILES string of the molecule is COc1ccc(-c2ccc(C(=O)NC(C)(C)CCCc3cccnc3)cc2)cc1OC. The molecule has 31 heavy (non-hydrogen) atoms. The van der Waals surface area contributed by atoms with Crippen molar-refractivity contribution in [1.82, 2.24) is 10.3 Å². The van der Waals surface area contributed by atoms with Crippen LogP contribution in [0.4, 0.5) is 0 Å². The molecule has 1 amide bonds. The summed E-state index contributed by atoms with van der Waals surface area (Å²) < 4.78 is 10.7. The van der Waals surface area contributed by atoms with Crippen LogP contribution < -0.4 is 14.8 Å². The second-order valence-corrected chi connectivity index (χ2v) is 8.20. The molecule has 1 N–H and O–H groups in total. The highest BCUT2D eigenvalue weighted by Crippen LogP contribution is 2.32. The Morgan fingerprint density at radius 1 is 0.968 bits per heavy atom. The zero-order valence-corrected chi connectivity index (χ0v) is 18.6. The van der Waals surface area contributed by atoms with Gasteiger partial charge in [-0.1, -0.05) is 24.3 Å². The van der Waals surface area contributed by atoms with E-state index >= 15 is 0 Å². The van der Waals surface area contributed by atoms with Gasteiger partial charge in [0, 0.05) is 23.5 Å². The van der Waals surface area contributed by atoms with Crippen molar-refractivity contribution in [3.63, 3.8) is 0 Å². The van der Waals surface area contributed by atoms with Crippen LogP contribution in [0.5, 0.6) is 11.5 Å². The monoisotopic (exact) mass is 418 g/mol. The first kappa shape index (κ1) is 22.3. The van der Waals surface area contributed by atoms with Gasteiger partial charge < -0.3 is 14.8 Å². The molecule has 0 fully saturated rings. The van der Waals surface area contributed by atoms with Crippen LogP contribution >= 0.6 is 0 Å². The summed E-state index contributed by atoms with van der Waals surface area (Å²) >= 11 is 0. The summed E-state index contributed by atoms with van der Waals surface area (Å²) in [7, 11) is 3.23. The average molecular weight is 419 g/mol. The number of hydrogen-bond donors (Lipinski definition) is 1. The first-order valence-corrected chi connectivity index (χ1v) is 10.5. The van der Waals surface area contributed by atoms with Crippen LogP contribution in [0.2, 0.25) is 0 Å². The minimum atomic E-state index is -0.290. The van der Waals surface area contributed by atoms with Gasteiger partial charge in [-0.05, 0) is 80.1 Å². The lowest BCUT2D eigenvalue weighted by Crippen LogP contribution is -2.43. The molecule has 0 saturated heterocycles. The Labute approximate surface area is 184 Å². The van der Waals surface area contributed by atoms with E-state index in [4.69, 9.17) is 9.47 Å². The van der Waals surface area contributed by atoms with Crippen LogP contribution in [0, 0.1) is 0 Å². The van der Waals surface area contributed by atoms with E-state index in [0.29, 0.717) is 17.1 Å². The molecule has 0 aliphatic carbocycles. The maximum atomic E-state index is 12.8. The van der Waals surface area contributed by atoms with Crippen LogP contribution in [0.15, 0.2) is 67.0 Å². The predicted octanol–water partition coefficient (Wildman–Crippen LogP) is 5.30. The van der Waals surface area contributed by atoms with Gasteiger partial charge in [0.25, 0.3) is 5.91 Å². The Balaban J connectivity index is 1.60. The second-order valence-electron chi connectivity index (χ2n) is 8.20. The van der Waals surface area contributed by atoms with Gasteiger partial charge in [-0.2, -0.15) is 0 Å². The molecule has 3 aromatic rings. The molecule has 5 nitrogen and oxygen atoms in total. The Hall–Kier alpha value is -3.34. The standard InChI is InChI=1S/C26H30N2O3/c1-26(2,15-5-7-19-8-6-16-27-18-19)28-25(29)21-11-9-20(10-12-21)22-13-14-23(30-3)24(17-22)31-4/h6,8-14,16-18H,5,7,15H2,1-4H3,(H,28,29). The van der Waals surface area contributed by atoms with Gasteiger partial charge in [-0.3, -0.25) is 9.78 Å². The molecule has 3 rings (SSSR count). The number of benzene rings is 2. The van der Waals surface area contributed by atoms with Crippen molar-refractivity contribution in [3.05, 3.63) is 78.1 Å². The Bertz CT molecular complexity index is 999. The topological polar surface area (TPSA) is 60.5 Å². The maximum Gasteiger partial charge on any atom is 0.251 e. The predicted molar refractivity (Wildman–Crippen MR) is 124 cm³/mol. The lowest BCUT2D eigenvalue weighted by atomic mass is 9.95. The molecule has 5 heteroatoms. The molecular formula is C26H30N2O3. The fourth-order valence-corrected chi connectivity index (χ4v) is 3.55. The van der Waals surface area contributed by atoms with Gasteiger partial charge in [0.05, 0.1) is 14.2 Å². The van der Waals surface area contributed by atoms with E-state index in [0.717, 1.165) is 30.4 Å². The molecule has 0 saturated carbocycles. The van der Waals surface area contributed by atoms with Gasteiger partial charge in [0.1, 0.15) is 0 Å². The lowest BCUT2D eigenvalue weighted by Gasteiger charge is -2.26. The van der Waals surface area contributed by atoms with E-state index in [1.165, 1.54) is 5.56 Å². The lowest BCUT2D eigenvalue weighted by molar-refractivity contribution is 0.0908. The first-order chi connectivity index (χ1) is 14.9. The number of nitrogens with one attached hydrogen (secondary N) is 1. The zero-order valence-electron chi connectivity index (χ0n) is 18.6. The van der Waals surface area contributed by atoms with Crippen molar-refractivity contribution in [2.45, 2.75) is 38.6 Å². The van der Waals surface area contributed by atoms with Crippen LogP contribution in [-0.2, 0) is 6.42 Å². The number of aromatic nitrogens is 1. The zero-order chi connectivity index (χ0) is 22.3. The number of rotatable bonds is 9. The number of aryl methyl sites for hydroxylation is 1. The smallest absolute Gasteiger partial charge is 0.251 e. The molecule has 0 unspecified atom stereocenters. The molecule has 0 spiro atoms. The van der Waals surface area contributed by atoms with Gasteiger partial charge in [0.2, 0.25) is 0 Å². The largest absolute Gasteiger partial charge is 0.493 e. The Morgan fingerprint density at radius 2 is 1.68 bits per heavy atom. The van der Waals surface area contributed by atoms with Crippen molar-refractivity contribution in [2.75, 3.05) is 14.2 Å². The van der Waals surface area contributed by atoms with Crippen molar-refractivity contribution in [2.24, 2.45) is 0 Å². The molecule has 0 atom stereocenters. The van der Waals surface area contributed by atoms with E-state index < -0.39 is 0 Å². The number of nitrogens with zero attached hydrogens (tertiary/aromatic N) is 1. The highest BCUT2D eigenvalue weighted by atomic mass is 16.5. The van der Waals surface area contributed by atoms with Gasteiger partial charge in [0.15, 0.2) is 11.5 Å². The fraction of sp³-hybridized carbons (Fsp3) is 0.308. The van der Waals surface area contributed by atoms with Gasteiger partial charge in [-0.25, -0.2) is 0 Å². The van der Waals surface area contributed by atoms with Crippen LogP contribution in [-0.4, -0.2) is 30.6 Å². The Morgan fingerprint density at radius 3 is 2.32 bits per heavy atom. The fourth-order valence-electron chi connectivity index (χ4n) is 3.55. The summed E-state index contributed by atoms with van der Waals surface area (Å²) in [4.78, 5) is 16.9. The van der Waals surface area contributed by atoms with Gasteiger partial charge >= 0.3 is 0 Å². The summed E-state index contributed by atoms with van der Waals surface area (Å²) in [6.45, 7) is 4.12. The number of carbonyl (C=O) groups excluding carboxylic acids is 1. The summed E-state index contributed by atoms with van der Waals surface area (Å²) in [6, 6.07) is 17.4. The van der Waals surface area contributed by atoms with E-state index in [2.05, 4.69) is 30.2 Å². The third-order valence-electron chi connectivity index (χ3n) is 5.31. The summed E-state index contributed by atoms with van der Waals surface area (Å²) in [5.74, 6) is 1.30. The highest BCUT2D eigenvalue weighted by Gasteiger charge is 2.21. The van der Waals surface area contributed by atoms with E-state index in [1.54, 1.807) is 20.4 Å². The number of carbonyl (C=O) groups is 1. The Kier molecular flexibility index (Phi) is 7.29. The number of methoxy groups -OCH3 is 2. The third-order valence-corrected chi connectivity index (χ3v) is 5.31. The van der Waals surface area contributed by atoms with Gasteiger partial charge in [-0.15, -0.1) is 0 Å². The minimum Gasteiger partial charge on any atom is -0.493 e. The molecule has 1 heterocycles. The third kappa shape index (κ3) is 6.07. The second kappa shape index (κ2) is 10.1. The highest BCUT2D eigenvalue weighted by molar-refractivity contribution is 5.95. The number of pyridine rings is 1. The average Bonchev–Trinajstić information content (AvgIpc) is 2.79. The van der Waals surface area contributed by atoms with Crippen molar-refractivity contribution >= 4 is 5.91 Å². The van der Waals surface area contributed by atoms with Crippen molar-refractivity contribution < 1.29 is 14.3 Å². The van der Waals surface area contributed by atoms with Crippen molar-refractivity contribution in [1.29, 1.82) is 0 Å². The van der Waals surface area contributed by atoms with Crippen LogP contribution in [0.25, 0.3) is 11.1 Å². The maximum absolute atomic E-state index is 12.8. The summed E-state index contributed by atoms with van der Waals surface area (Å²) in [5, 5.41) is 3.16. The van der Waals surface area contributed by atoms with E-state index in [1.807, 2.05) is 54.7 Å². The molecule has 1 aromatic heterocycles. The van der Waals surface area contributed by atoms with Crippen molar-refractivity contribution in [3.8, 4) is 22.6 Å². The molecular weight excluding hydrogens is 388 g/mol. The molecule has 0 aliphatic heterocycles. The molecule has 0 aliphatic rings. The summed E-state index contributed by atoms with van der Waals surface area (Å²) in [6.07, 6.45) is 6.50. The minimum absolute atomic E-state index is 0.0646. The molecule has 0 bridgehead atoms. The van der Waals surface area contributed by atoms with Crippen LogP contribution in [0.1, 0.15) is 42.6 Å². The summed E-state index contributed by atoms with van der Waals surface area (Å²) in [5.41, 5.74) is 3.58. The van der Waals surface area contributed by atoms with Crippen LogP contribution in [0.3, 0.4) is 0 Å². The number of amides is 1. The van der Waals surface area contributed by atoms with E-state index in [9.17, 15) is 4.79 Å².